The summed E-state index contributed by atoms with van der Waals surface area (Å²) in [5.74, 6) is -0.797. The summed E-state index contributed by atoms with van der Waals surface area (Å²) >= 11 is 0. The van der Waals surface area contributed by atoms with Crippen LogP contribution in [0.1, 0.15) is 36.0 Å². The van der Waals surface area contributed by atoms with Crippen LogP contribution in [-0.4, -0.2) is 43.0 Å². The first-order chi connectivity index (χ1) is 14.5. The molecule has 3 aromatic rings. The number of nitrogens with two attached hydrogens (primary N) is 2. The van der Waals surface area contributed by atoms with Crippen LogP contribution in [0.4, 0.5) is 21.7 Å². The number of primary amides is 1. The molecule has 2 atom stereocenters. The lowest BCUT2D eigenvalue weighted by molar-refractivity contribution is 0.100. The molecular weight excluding hydrogens is 389 g/mol. The fourth-order valence-electron chi connectivity index (χ4n) is 3.48. The average Bonchev–Trinajstić information content (AvgIpc) is 3.27. The smallest absolute Gasteiger partial charge is 0.252 e. The van der Waals surface area contributed by atoms with Gasteiger partial charge in [-0.3, -0.25) is 4.79 Å². The summed E-state index contributed by atoms with van der Waals surface area (Å²) in [6.07, 6.45) is 8.50. The fourth-order valence-corrected chi connectivity index (χ4v) is 3.48. The van der Waals surface area contributed by atoms with Crippen LogP contribution in [0, 0.1) is 5.82 Å². The maximum atomic E-state index is 14.6. The second-order valence-corrected chi connectivity index (χ2v) is 7.15. The maximum absolute atomic E-state index is 14.6. The Morgan fingerprint density at radius 1 is 1.20 bits per heavy atom. The number of nitrogens with zero attached hydrogens (tertiary/aromatic N) is 5. The molecule has 1 saturated carbocycles. The van der Waals surface area contributed by atoms with Crippen molar-refractivity contribution < 1.29 is 9.18 Å². The number of pyridine rings is 2. The second kappa shape index (κ2) is 8.41. The Labute approximate surface area is 171 Å². The predicted molar refractivity (Wildman–Crippen MR) is 109 cm³/mol. The minimum Gasteiger partial charge on any atom is -0.365 e. The monoisotopic (exact) mass is 411 g/mol. The molecule has 3 aromatic heterocycles. The van der Waals surface area contributed by atoms with E-state index < -0.39 is 11.7 Å². The van der Waals surface area contributed by atoms with Crippen LogP contribution in [0.2, 0.25) is 0 Å². The van der Waals surface area contributed by atoms with Crippen molar-refractivity contribution in [2.45, 2.75) is 37.8 Å². The number of carbonyl (C=O) groups excluding carboxylic acids is 1. The molecule has 0 spiro atoms. The highest BCUT2D eigenvalue weighted by molar-refractivity contribution is 5.98. The zero-order chi connectivity index (χ0) is 21.1. The van der Waals surface area contributed by atoms with Crippen molar-refractivity contribution >= 4 is 23.2 Å². The quantitative estimate of drug-likeness (QED) is 0.479. The highest BCUT2D eigenvalue weighted by Gasteiger charge is 2.24. The van der Waals surface area contributed by atoms with E-state index in [9.17, 15) is 9.18 Å². The molecule has 6 N–H and O–H groups in total. The summed E-state index contributed by atoms with van der Waals surface area (Å²) < 4.78 is 16.1. The summed E-state index contributed by atoms with van der Waals surface area (Å²) in [6, 6.07) is 4.27. The third-order valence-electron chi connectivity index (χ3n) is 5.05. The number of halogens is 1. The third-order valence-corrected chi connectivity index (χ3v) is 5.05. The van der Waals surface area contributed by atoms with E-state index >= 15 is 0 Å². The SMILES string of the molecule is NC(=O)c1cc(F)c(NC2CCCC[C@@H]2N)nc1Nc1ccnc(-n2ccnn2)c1. The van der Waals surface area contributed by atoms with E-state index in [2.05, 4.69) is 30.9 Å². The summed E-state index contributed by atoms with van der Waals surface area (Å²) in [6.45, 7) is 0. The lowest BCUT2D eigenvalue weighted by atomic mass is 9.91. The molecule has 156 valence electrons. The van der Waals surface area contributed by atoms with Gasteiger partial charge in [0, 0.05) is 30.0 Å². The van der Waals surface area contributed by atoms with Gasteiger partial charge in [0.2, 0.25) is 0 Å². The van der Waals surface area contributed by atoms with Crippen LogP contribution >= 0.6 is 0 Å². The lowest BCUT2D eigenvalue weighted by Gasteiger charge is -2.30. The van der Waals surface area contributed by atoms with E-state index in [-0.39, 0.29) is 29.3 Å². The molecule has 0 aromatic carbocycles. The molecule has 4 rings (SSSR count). The van der Waals surface area contributed by atoms with Gasteiger partial charge in [0.25, 0.3) is 5.91 Å². The van der Waals surface area contributed by atoms with Gasteiger partial charge in [-0.25, -0.2) is 19.0 Å². The number of anilines is 3. The number of nitrogens with one attached hydrogen (secondary N) is 2. The normalized spacial score (nSPS) is 18.7. The molecule has 11 heteroatoms. The fraction of sp³-hybridized carbons (Fsp3) is 0.316. The van der Waals surface area contributed by atoms with Gasteiger partial charge in [-0.1, -0.05) is 18.1 Å². The Morgan fingerprint density at radius 3 is 2.77 bits per heavy atom. The molecule has 1 unspecified atom stereocenters. The van der Waals surface area contributed by atoms with Crippen LogP contribution in [0.5, 0.6) is 0 Å². The first-order valence-corrected chi connectivity index (χ1v) is 9.63. The van der Waals surface area contributed by atoms with Gasteiger partial charge >= 0.3 is 0 Å². The van der Waals surface area contributed by atoms with Crippen LogP contribution in [0.25, 0.3) is 5.82 Å². The highest BCUT2D eigenvalue weighted by Crippen LogP contribution is 2.27. The van der Waals surface area contributed by atoms with Gasteiger partial charge in [-0.05, 0) is 25.0 Å². The molecule has 1 aliphatic carbocycles. The van der Waals surface area contributed by atoms with Crippen LogP contribution < -0.4 is 22.1 Å². The summed E-state index contributed by atoms with van der Waals surface area (Å²) in [5.41, 5.74) is 12.1. The Kier molecular flexibility index (Phi) is 5.53. The van der Waals surface area contributed by atoms with E-state index in [1.807, 2.05) is 0 Å². The standard InChI is InChI=1S/C19H22FN9O/c20-13-10-12(17(22)30)18(27-19(13)26-15-4-2-1-3-14(15)21)25-11-5-6-23-16(9-11)29-8-7-24-28-29/h5-10,14-15H,1-4,21H2,(H2,22,30)(H2,23,25,26,27)/t14-,15?/m0/s1. The minimum atomic E-state index is -0.796. The van der Waals surface area contributed by atoms with E-state index in [1.54, 1.807) is 24.5 Å². The van der Waals surface area contributed by atoms with Crippen molar-refractivity contribution in [1.82, 2.24) is 25.0 Å². The van der Waals surface area contributed by atoms with Crippen molar-refractivity contribution in [1.29, 1.82) is 0 Å². The molecular formula is C19H22FN9O. The first kappa shape index (κ1) is 19.7. The molecule has 3 heterocycles. The van der Waals surface area contributed by atoms with Crippen molar-refractivity contribution in [3.05, 3.63) is 48.2 Å². The number of carbonyl (C=O) groups is 1. The summed E-state index contributed by atoms with van der Waals surface area (Å²) in [4.78, 5) is 20.4. The van der Waals surface area contributed by atoms with Gasteiger partial charge in [0.15, 0.2) is 17.5 Å². The molecule has 0 aliphatic heterocycles. The Balaban J connectivity index is 1.64. The third kappa shape index (κ3) is 4.20. The van der Waals surface area contributed by atoms with Crippen molar-refractivity contribution in [2.24, 2.45) is 11.5 Å². The van der Waals surface area contributed by atoms with Gasteiger partial charge in [0.1, 0.15) is 5.82 Å². The Hall–Kier alpha value is -3.60. The molecule has 1 amide bonds. The molecule has 1 aliphatic rings. The number of rotatable bonds is 6. The molecule has 0 bridgehead atoms. The van der Waals surface area contributed by atoms with E-state index in [0.29, 0.717) is 11.5 Å². The topological polar surface area (TPSA) is 150 Å². The van der Waals surface area contributed by atoms with Crippen LogP contribution in [0.3, 0.4) is 0 Å². The molecule has 10 nitrogen and oxygen atoms in total. The highest BCUT2D eigenvalue weighted by atomic mass is 19.1. The number of amides is 1. The minimum absolute atomic E-state index is 0.0235. The Bertz CT molecular complexity index is 1040. The number of hydrogen-bond donors (Lipinski definition) is 4. The molecule has 0 radical (unpaired) electrons. The van der Waals surface area contributed by atoms with Crippen molar-refractivity contribution in [3.63, 3.8) is 0 Å². The van der Waals surface area contributed by atoms with Gasteiger partial charge in [-0.15, -0.1) is 5.10 Å². The van der Waals surface area contributed by atoms with Crippen LogP contribution in [-0.2, 0) is 0 Å². The van der Waals surface area contributed by atoms with Gasteiger partial charge in [0.05, 0.1) is 18.0 Å². The van der Waals surface area contributed by atoms with E-state index in [1.165, 1.54) is 10.9 Å². The number of aromatic nitrogens is 5. The Morgan fingerprint density at radius 2 is 2.03 bits per heavy atom. The van der Waals surface area contributed by atoms with Gasteiger partial charge in [-0.2, -0.15) is 0 Å². The van der Waals surface area contributed by atoms with E-state index in [4.69, 9.17) is 11.5 Å². The molecule has 0 saturated heterocycles. The van der Waals surface area contributed by atoms with Crippen LogP contribution in [0.15, 0.2) is 36.8 Å². The van der Waals surface area contributed by atoms with Crippen molar-refractivity contribution in [3.8, 4) is 5.82 Å². The maximum Gasteiger partial charge on any atom is 0.252 e. The lowest BCUT2D eigenvalue weighted by Crippen LogP contribution is -2.43. The average molecular weight is 411 g/mol. The zero-order valence-corrected chi connectivity index (χ0v) is 16.1. The largest absolute Gasteiger partial charge is 0.365 e. The summed E-state index contributed by atoms with van der Waals surface area (Å²) in [5, 5.41) is 13.8. The van der Waals surface area contributed by atoms with Gasteiger partial charge < -0.3 is 22.1 Å². The zero-order valence-electron chi connectivity index (χ0n) is 16.1. The predicted octanol–water partition coefficient (Wildman–Crippen LogP) is 1.72. The number of hydrogen-bond acceptors (Lipinski definition) is 8. The molecule has 1 fully saturated rings. The van der Waals surface area contributed by atoms with E-state index in [0.717, 1.165) is 31.7 Å². The second-order valence-electron chi connectivity index (χ2n) is 7.15. The summed E-state index contributed by atoms with van der Waals surface area (Å²) in [7, 11) is 0. The molecule has 30 heavy (non-hydrogen) atoms. The van der Waals surface area contributed by atoms with Crippen molar-refractivity contribution in [2.75, 3.05) is 10.6 Å². The first-order valence-electron chi connectivity index (χ1n) is 9.63.